The molecule has 8 heteroatoms. The summed E-state index contributed by atoms with van der Waals surface area (Å²) in [5.41, 5.74) is 6.64. The smallest absolute Gasteiger partial charge is 0.211 e. The molecule has 0 aliphatic carbocycles. The molecule has 21 heavy (non-hydrogen) atoms. The summed E-state index contributed by atoms with van der Waals surface area (Å²) >= 11 is 0. The SMILES string of the molecule is CS(=O)(=O)N1CCN(Cc2ccc(F)cc2C(=N)N)CC1. The molecule has 0 radical (unpaired) electrons. The minimum atomic E-state index is -3.15. The molecule has 0 unspecified atom stereocenters. The lowest BCUT2D eigenvalue weighted by Crippen LogP contribution is -2.47. The van der Waals surface area contributed by atoms with Gasteiger partial charge in [-0.2, -0.15) is 4.31 Å². The van der Waals surface area contributed by atoms with Gasteiger partial charge in [0, 0.05) is 38.3 Å². The molecule has 1 heterocycles. The van der Waals surface area contributed by atoms with Crippen LogP contribution in [0, 0.1) is 11.2 Å². The summed E-state index contributed by atoms with van der Waals surface area (Å²) in [7, 11) is -3.15. The first-order valence-electron chi connectivity index (χ1n) is 6.57. The van der Waals surface area contributed by atoms with Crippen LogP contribution >= 0.6 is 0 Å². The van der Waals surface area contributed by atoms with Gasteiger partial charge in [0.1, 0.15) is 11.7 Å². The summed E-state index contributed by atoms with van der Waals surface area (Å²) < 4.78 is 37.6. The van der Waals surface area contributed by atoms with Gasteiger partial charge in [0.15, 0.2) is 0 Å². The molecule has 1 aromatic carbocycles. The Morgan fingerprint density at radius 1 is 1.33 bits per heavy atom. The van der Waals surface area contributed by atoms with Crippen LogP contribution in [0.2, 0.25) is 0 Å². The van der Waals surface area contributed by atoms with Gasteiger partial charge in [-0.1, -0.05) is 6.07 Å². The van der Waals surface area contributed by atoms with Crippen LogP contribution in [0.3, 0.4) is 0 Å². The highest BCUT2D eigenvalue weighted by atomic mass is 32.2. The number of halogens is 1. The van der Waals surface area contributed by atoms with Gasteiger partial charge < -0.3 is 5.73 Å². The van der Waals surface area contributed by atoms with Crippen LogP contribution in [-0.4, -0.2) is 55.9 Å². The summed E-state index contributed by atoms with van der Waals surface area (Å²) in [6.45, 7) is 2.60. The molecular formula is C13H19FN4O2S. The maximum Gasteiger partial charge on any atom is 0.211 e. The van der Waals surface area contributed by atoms with Crippen LogP contribution in [0.15, 0.2) is 18.2 Å². The van der Waals surface area contributed by atoms with Crippen molar-refractivity contribution >= 4 is 15.9 Å². The number of piperazine rings is 1. The quantitative estimate of drug-likeness (QED) is 0.613. The Morgan fingerprint density at radius 2 is 1.95 bits per heavy atom. The highest BCUT2D eigenvalue weighted by molar-refractivity contribution is 7.88. The Hall–Kier alpha value is -1.51. The van der Waals surface area contributed by atoms with Crippen LogP contribution in [0.4, 0.5) is 4.39 Å². The lowest BCUT2D eigenvalue weighted by molar-refractivity contribution is 0.182. The van der Waals surface area contributed by atoms with E-state index in [4.69, 9.17) is 11.1 Å². The number of nitrogens with zero attached hydrogens (tertiary/aromatic N) is 2. The van der Waals surface area contributed by atoms with Gasteiger partial charge in [-0.15, -0.1) is 0 Å². The lowest BCUT2D eigenvalue weighted by atomic mass is 10.1. The summed E-state index contributed by atoms with van der Waals surface area (Å²) in [6, 6.07) is 4.22. The molecule has 1 fully saturated rings. The molecular weight excluding hydrogens is 295 g/mol. The normalized spacial score (nSPS) is 17.8. The molecule has 1 aliphatic heterocycles. The molecule has 2 rings (SSSR count). The Morgan fingerprint density at radius 3 is 2.48 bits per heavy atom. The number of amidine groups is 1. The number of hydrogen-bond donors (Lipinski definition) is 2. The van der Waals surface area contributed by atoms with Crippen molar-refractivity contribution in [1.29, 1.82) is 5.41 Å². The highest BCUT2D eigenvalue weighted by Crippen LogP contribution is 2.15. The summed E-state index contributed by atoms with van der Waals surface area (Å²) in [4.78, 5) is 2.07. The fourth-order valence-corrected chi connectivity index (χ4v) is 3.22. The van der Waals surface area contributed by atoms with Crippen molar-refractivity contribution in [2.24, 2.45) is 5.73 Å². The zero-order chi connectivity index (χ0) is 15.6. The molecule has 6 nitrogen and oxygen atoms in total. The standard InChI is InChI=1S/C13H19FN4O2S/c1-21(19,20)18-6-4-17(5-7-18)9-10-2-3-11(14)8-12(10)13(15)16/h2-3,8H,4-7,9H2,1H3,(H3,15,16). The van der Waals surface area contributed by atoms with E-state index in [9.17, 15) is 12.8 Å². The number of nitrogen functional groups attached to an aromatic ring is 1. The molecule has 116 valence electrons. The Labute approximate surface area is 123 Å². The molecule has 0 bridgehead atoms. The maximum absolute atomic E-state index is 13.2. The fraction of sp³-hybridized carbons (Fsp3) is 0.462. The Kier molecular flexibility index (Phi) is 4.60. The van der Waals surface area contributed by atoms with E-state index >= 15 is 0 Å². The molecule has 1 aliphatic rings. The van der Waals surface area contributed by atoms with Crippen LogP contribution in [0.5, 0.6) is 0 Å². The third-order valence-corrected chi connectivity index (χ3v) is 4.86. The zero-order valence-corrected chi connectivity index (χ0v) is 12.7. The van der Waals surface area contributed by atoms with Crippen molar-refractivity contribution in [1.82, 2.24) is 9.21 Å². The number of rotatable bonds is 4. The van der Waals surface area contributed by atoms with Gasteiger partial charge in [-0.3, -0.25) is 10.3 Å². The van der Waals surface area contributed by atoms with E-state index in [2.05, 4.69) is 4.90 Å². The monoisotopic (exact) mass is 314 g/mol. The fourth-order valence-electron chi connectivity index (χ4n) is 2.40. The van der Waals surface area contributed by atoms with E-state index in [0.717, 1.165) is 5.56 Å². The van der Waals surface area contributed by atoms with Crippen molar-refractivity contribution < 1.29 is 12.8 Å². The van der Waals surface area contributed by atoms with Crippen molar-refractivity contribution in [2.45, 2.75) is 6.54 Å². The van der Waals surface area contributed by atoms with Crippen molar-refractivity contribution in [2.75, 3.05) is 32.4 Å². The number of benzene rings is 1. The molecule has 0 saturated carbocycles. The average molecular weight is 314 g/mol. The van der Waals surface area contributed by atoms with Crippen molar-refractivity contribution in [3.8, 4) is 0 Å². The van der Waals surface area contributed by atoms with Gasteiger partial charge in [0.2, 0.25) is 10.0 Å². The molecule has 0 aromatic heterocycles. The molecule has 0 spiro atoms. The summed E-state index contributed by atoms with van der Waals surface area (Å²) in [5, 5.41) is 7.51. The van der Waals surface area contributed by atoms with Crippen LogP contribution in [0.25, 0.3) is 0 Å². The second kappa shape index (κ2) is 6.08. The second-order valence-electron chi connectivity index (χ2n) is 5.15. The summed E-state index contributed by atoms with van der Waals surface area (Å²) in [6.07, 6.45) is 1.20. The Bertz CT molecular complexity index is 640. The maximum atomic E-state index is 13.2. The lowest BCUT2D eigenvalue weighted by Gasteiger charge is -2.33. The molecule has 0 amide bonds. The Balaban J connectivity index is 2.06. The molecule has 0 atom stereocenters. The largest absolute Gasteiger partial charge is 0.384 e. The summed E-state index contributed by atoms with van der Waals surface area (Å²) in [5.74, 6) is -0.592. The molecule has 1 saturated heterocycles. The first-order chi connectivity index (χ1) is 9.77. The number of nitrogens with two attached hydrogens (primary N) is 1. The van der Waals surface area contributed by atoms with Gasteiger partial charge in [-0.05, 0) is 17.7 Å². The van der Waals surface area contributed by atoms with E-state index in [1.165, 1.54) is 22.7 Å². The minimum Gasteiger partial charge on any atom is -0.384 e. The highest BCUT2D eigenvalue weighted by Gasteiger charge is 2.23. The van der Waals surface area contributed by atoms with Crippen LogP contribution < -0.4 is 5.73 Å². The average Bonchev–Trinajstić information content (AvgIpc) is 2.40. The van der Waals surface area contributed by atoms with E-state index in [1.807, 2.05) is 0 Å². The van der Waals surface area contributed by atoms with Gasteiger partial charge in [-0.25, -0.2) is 12.8 Å². The predicted octanol–water partition coefficient (Wildman–Crippen LogP) is 0.187. The van der Waals surface area contributed by atoms with E-state index in [-0.39, 0.29) is 5.84 Å². The topological polar surface area (TPSA) is 90.5 Å². The number of hydrogen-bond acceptors (Lipinski definition) is 4. The van der Waals surface area contributed by atoms with Crippen molar-refractivity contribution in [3.05, 3.63) is 35.1 Å². The van der Waals surface area contributed by atoms with E-state index in [1.54, 1.807) is 6.07 Å². The van der Waals surface area contributed by atoms with Crippen molar-refractivity contribution in [3.63, 3.8) is 0 Å². The third-order valence-electron chi connectivity index (χ3n) is 3.56. The third kappa shape index (κ3) is 3.99. The molecule has 1 aromatic rings. The van der Waals surface area contributed by atoms with Crippen LogP contribution in [-0.2, 0) is 16.6 Å². The number of nitrogens with one attached hydrogen (secondary N) is 1. The van der Waals surface area contributed by atoms with Crippen LogP contribution in [0.1, 0.15) is 11.1 Å². The second-order valence-corrected chi connectivity index (χ2v) is 7.14. The van der Waals surface area contributed by atoms with Gasteiger partial charge in [0.05, 0.1) is 6.26 Å². The minimum absolute atomic E-state index is 0.167. The number of sulfonamides is 1. The molecule has 3 N–H and O–H groups in total. The predicted molar refractivity (Wildman–Crippen MR) is 79.1 cm³/mol. The first kappa shape index (κ1) is 15.9. The van der Waals surface area contributed by atoms with Gasteiger partial charge in [0.25, 0.3) is 0 Å². The first-order valence-corrected chi connectivity index (χ1v) is 8.42. The zero-order valence-electron chi connectivity index (χ0n) is 11.8. The van der Waals surface area contributed by atoms with E-state index < -0.39 is 15.8 Å². The van der Waals surface area contributed by atoms with Gasteiger partial charge >= 0.3 is 0 Å². The van der Waals surface area contributed by atoms with E-state index in [0.29, 0.717) is 38.3 Å².